The van der Waals surface area contributed by atoms with Gasteiger partial charge in [-0.1, -0.05) is 32.4 Å². The molecule has 0 radical (unpaired) electrons. The van der Waals surface area contributed by atoms with Crippen LogP contribution in [-0.4, -0.2) is 74.2 Å². The zero-order chi connectivity index (χ0) is 32.9. The maximum absolute atomic E-state index is 13.5. The molecule has 0 saturated carbocycles. The van der Waals surface area contributed by atoms with Gasteiger partial charge in [0, 0.05) is 24.8 Å². The van der Waals surface area contributed by atoms with E-state index in [2.05, 4.69) is 10.3 Å². The number of pyridine rings is 1. The van der Waals surface area contributed by atoms with E-state index >= 15 is 0 Å². The monoisotopic (exact) mass is 632 g/mol. The Bertz CT molecular complexity index is 1300. The fourth-order valence-electron chi connectivity index (χ4n) is 4.82. The summed E-state index contributed by atoms with van der Waals surface area (Å²) < 4.78 is 46.0. The van der Waals surface area contributed by atoms with E-state index in [-0.39, 0.29) is 42.0 Å². The van der Waals surface area contributed by atoms with Gasteiger partial charge < -0.3 is 33.7 Å². The van der Waals surface area contributed by atoms with Crippen LogP contribution in [0.25, 0.3) is 0 Å². The third-order valence-corrected chi connectivity index (χ3v) is 7.17. The van der Waals surface area contributed by atoms with Gasteiger partial charge in [-0.15, -0.1) is 0 Å². The largest absolute Gasteiger partial charge is 0.493 e. The number of cyclic esters (lactones) is 1. The average Bonchev–Trinajstić information content (AvgIpc) is 3.06. The van der Waals surface area contributed by atoms with Crippen LogP contribution >= 0.6 is 0 Å². The lowest BCUT2D eigenvalue weighted by atomic mass is 9.86. The number of methoxy groups -OCH3 is 1. The summed E-state index contributed by atoms with van der Waals surface area (Å²) >= 11 is 0. The van der Waals surface area contributed by atoms with Crippen molar-refractivity contribution in [3.05, 3.63) is 53.6 Å². The Hall–Kier alpha value is -4.26. The molecule has 1 aromatic heterocycles. The smallest absolute Gasteiger partial charge is 0.334 e. The Balaban J connectivity index is 1.78. The van der Waals surface area contributed by atoms with Gasteiger partial charge in [0.15, 0.2) is 17.2 Å². The first-order valence-electron chi connectivity index (χ1n) is 14.9. The molecule has 1 N–H and O–H groups in total. The van der Waals surface area contributed by atoms with Crippen LogP contribution in [0.15, 0.2) is 36.5 Å². The summed E-state index contributed by atoms with van der Waals surface area (Å²) in [6.45, 7) is 6.33. The van der Waals surface area contributed by atoms with Gasteiger partial charge in [-0.25, -0.2) is 19.0 Å². The number of esters is 3. The number of nitrogens with zero attached hydrogens (tertiary/aromatic N) is 1. The third kappa shape index (κ3) is 10.4. The molecule has 2 heterocycles. The van der Waals surface area contributed by atoms with Gasteiger partial charge in [0.25, 0.3) is 5.91 Å². The van der Waals surface area contributed by atoms with E-state index in [0.717, 1.165) is 5.56 Å². The molecule has 1 saturated heterocycles. The van der Waals surface area contributed by atoms with Gasteiger partial charge >= 0.3 is 17.9 Å². The van der Waals surface area contributed by atoms with Crippen LogP contribution in [-0.2, 0) is 39.8 Å². The molecule has 0 unspecified atom stereocenters. The number of halogens is 1. The fourth-order valence-corrected chi connectivity index (χ4v) is 4.82. The first-order chi connectivity index (χ1) is 21.5. The minimum Gasteiger partial charge on any atom is -0.493 e. The van der Waals surface area contributed by atoms with E-state index in [0.29, 0.717) is 25.9 Å². The predicted molar refractivity (Wildman–Crippen MR) is 158 cm³/mol. The molecule has 45 heavy (non-hydrogen) atoms. The van der Waals surface area contributed by atoms with Crippen molar-refractivity contribution in [1.82, 2.24) is 10.3 Å². The van der Waals surface area contributed by atoms with Crippen LogP contribution in [0.2, 0.25) is 0 Å². The Kier molecular flexibility index (Phi) is 13.5. The van der Waals surface area contributed by atoms with Crippen molar-refractivity contribution in [1.29, 1.82) is 0 Å². The quantitative estimate of drug-likeness (QED) is 0.195. The summed E-state index contributed by atoms with van der Waals surface area (Å²) in [5, 5.41) is 2.68. The molecule has 1 fully saturated rings. The molecule has 13 heteroatoms. The van der Waals surface area contributed by atoms with E-state index in [1.807, 2.05) is 0 Å². The van der Waals surface area contributed by atoms with Crippen molar-refractivity contribution in [3.8, 4) is 11.5 Å². The molecule has 0 aliphatic carbocycles. The summed E-state index contributed by atoms with van der Waals surface area (Å²) in [5.74, 6) is -3.51. The van der Waals surface area contributed by atoms with Crippen molar-refractivity contribution < 1.29 is 52.0 Å². The third-order valence-electron chi connectivity index (χ3n) is 7.17. The number of hydrogen-bond donors (Lipinski definition) is 1. The van der Waals surface area contributed by atoms with E-state index in [1.165, 1.54) is 31.5 Å². The van der Waals surface area contributed by atoms with Crippen LogP contribution in [0.4, 0.5) is 4.39 Å². The van der Waals surface area contributed by atoms with Gasteiger partial charge in [-0.2, -0.15) is 0 Å². The number of amides is 1. The standard InChI is InChI=1S/C32H41FN2O10/c1-6-41-17-26(36)42-18-43-29-25(40-5)14-15-34-27(29)30(37)35-24-9-7-8-22(16-21-10-12-23(33)13-11-21)28(20(4)44-32(24)39)45-31(38)19(2)3/h10-15,19-20,22,24,28H,6-9,16-18H2,1-5H3,(H,35,37)/t20-,22+,24-,28-/m0/s1. The van der Waals surface area contributed by atoms with E-state index in [4.69, 9.17) is 28.4 Å². The van der Waals surface area contributed by atoms with Crippen LogP contribution in [0.5, 0.6) is 11.5 Å². The van der Waals surface area contributed by atoms with Crippen LogP contribution < -0.4 is 14.8 Å². The minimum absolute atomic E-state index is 0.0912. The number of carbonyl (C=O) groups excluding carboxylic acids is 4. The highest BCUT2D eigenvalue weighted by atomic mass is 19.1. The molecule has 246 valence electrons. The number of carbonyl (C=O) groups is 4. The molecule has 12 nitrogen and oxygen atoms in total. The highest BCUT2D eigenvalue weighted by molar-refractivity contribution is 5.98. The maximum atomic E-state index is 13.5. The molecular weight excluding hydrogens is 591 g/mol. The number of ether oxygens (including phenoxy) is 6. The maximum Gasteiger partial charge on any atom is 0.334 e. The molecule has 3 rings (SSSR count). The van der Waals surface area contributed by atoms with Crippen molar-refractivity contribution in [3.63, 3.8) is 0 Å². The first kappa shape index (κ1) is 35.2. The molecule has 4 atom stereocenters. The molecule has 1 amide bonds. The highest BCUT2D eigenvalue weighted by Crippen LogP contribution is 2.31. The first-order valence-corrected chi connectivity index (χ1v) is 14.9. The van der Waals surface area contributed by atoms with Crippen LogP contribution in [0, 0.1) is 17.7 Å². The van der Waals surface area contributed by atoms with Gasteiger partial charge in [0.1, 0.15) is 30.7 Å². The second kappa shape index (κ2) is 17.3. The lowest BCUT2D eigenvalue weighted by Gasteiger charge is -2.31. The van der Waals surface area contributed by atoms with Gasteiger partial charge in [-0.3, -0.25) is 9.59 Å². The number of rotatable bonds is 13. The fraction of sp³-hybridized carbons (Fsp3) is 0.531. The van der Waals surface area contributed by atoms with Gasteiger partial charge in [0.05, 0.1) is 13.0 Å². The van der Waals surface area contributed by atoms with Crippen molar-refractivity contribution in [2.75, 3.05) is 27.1 Å². The Morgan fingerprint density at radius 1 is 1.13 bits per heavy atom. The number of benzene rings is 1. The summed E-state index contributed by atoms with van der Waals surface area (Å²) in [4.78, 5) is 55.3. The molecule has 0 bridgehead atoms. The summed E-state index contributed by atoms with van der Waals surface area (Å²) in [6.07, 6.45) is 1.39. The second-order valence-corrected chi connectivity index (χ2v) is 10.9. The molecule has 1 aliphatic heterocycles. The van der Waals surface area contributed by atoms with Crippen molar-refractivity contribution in [2.45, 2.75) is 71.6 Å². The normalized spacial score (nSPS) is 20.2. The van der Waals surface area contributed by atoms with E-state index in [1.54, 1.807) is 39.8 Å². The van der Waals surface area contributed by atoms with Gasteiger partial charge in [-0.05, 0) is 50.8 Å². The van der Waals surface area contributed by atoms with Crippen LogP contribution in [0.3, 0.4) is 0 Å². The molecule has 2 aromatic rings. The SMILES string of the molecule is CCOCC(=O)OCOc1c(OC)ccnc1C(=O)N[C@H]1CCC[C@H](Cc2ccc(F)cc2)[C@@H](OC(=O)C(C)C)[C@H](C)OC1=O. The summed E-state index contributed by atoms with van der Waals surface area (Å²) in [7, 11) is 1.37. The zero-order valence-electron chi connectivity index (χ0n) is 26.2. The molecular formula is C32H41FN2O10. The molecule has 0 spiro atoms. The predicted octanol–water partition coefficient (Wildman–Crippen LogP) is 3.79. The summed E-state index contributed by atoms with van der Waals surface area (Å²) in [6, 6.07) is 6.47. The van der Waals surface area contributed by atoms with Gasteiger partial charge in [0.2, 0.25) is 6.79 Å². The zero-order valence-corrected chi connectivity index (χ0v) is 26.2. The Morgan fingerprint density at radius 2 is 1.87 bits per heavy atom. The van der Waals surface area contributed by atoms with E-state index < -0.39 is 54.8 Å². The second-order valence-electron chi connectivity index (χ2n) is 10.9. The van der Waals surface area contributed by atoms with E-state index in [9.17, 15) is 23.6 Å². The Morgan fingerprint density at radius 3 is 2.53 bits per heavy atom. The number of hydrogen-bond acceptors (Lipinski definition) is 11. The Labute approximate surface area is 261 Å². The van der Waals surface area contributed by atoms with Crippen LogP contribution in [0.1, 0.15) is 63.0 Å². The lowest BCUT2D eigenvalue weighted by Crippen LogP contribution is -2.45. The minimum atomic E-state index is -1.06. The van der Waals surface area contributed by atoms with Crippen molar-refractivity contribution in [2.24, 2.45) is 11.8 Å². The number of aromatic nitrogens is 1. The van der Waals surface area contributed by atoms with Crippen molar-refractivity contribution >= 4 is 23.8 Å². The molecule has 1 aliphatic rings. The highest BCUT2D eigenvalue weighted by Gasteiger charge is 2.37. The average molecular weight is 633 g/mol. The lowest BCUT2D eigenvalue weighted by molar-refractivity contribution is -0.173. The topological polar surface area (TPSA) is 149 Å². The number of nitrogens with one attached hydrogen (secondary N) is 1. The molecule has 1 aromatic carbocycles. The summed E-state index contributed by atoms with van der Waals surface area (Å²) in [5.41, 5.74) is 0.642.